The minimum absolute atomic E-state index is 0.272. The van der Waals surface area contributed by atoms with Crippen molar-refractivity contribution in [3.05, 3.63) is 51.3 Å². The summed E-state index contributed by atoms with van der Waals surface area (Å²) in [5, 5.41) is 4.79. The van der Waals surface area contributed by atoms with Crippen molar-refractivity contribution in [1.29, 1.82) is 0 Å². The Hall–Kier alpha value is -1.85. The molecule has 2 heterocycles. The summed E-state index contributed by atoms with van der Waals surface area (Å²) in [4.78, 5) is 11.6. The second-order valence-electron chi connectivity index (χ2n) is 4.99. The monoisotopic (exact) mass is 292 g/mol. The van der Waals surface area contributed by atoms with Gasteiger partial charge in [-0.15, -0.1) is 5.10 Å². The summed E-state index contributed by atoms with van der Waals surface area (Å²) in [6, 6.07) is 7.32. The number of nitrogens with zero attached hydrogens (tertiary/aromatic N) is 2. The summed E-state index contributed by atoms with van der Waals surface area (Å²) in [7, 11) is 0. The maximum absolute atomic E-state index is 11.6. The molecule has 5 nitrogen and oxygen atoms in total. The van der Waals surface area contributed by atoms with E-state index in [4.69, 9.17) is 20.8 Å². The van der Waals surface area contributed by atoms with Crippen LogP contribution in [0.1, 0.15) is 18.4 Å². The molecule has 3 rings (SSSR count). The molecule has 6 heteroatoms. The zero-order chi connectivity index (χ0) is 14.2. The third-order valence-corrected chi connectivity index (χ3v) is 3.28. The molecule has 1 atom stereocenters. The Balaban J connectivity index is 1.76. The van der Waals surface area contributed by atoms with E-state index >= 15 is 0 Å². The molecule has 20 heavy (non-hydrogen) atoms. The molecule has 1 aromatic carbocycles. The van der Waals surface area contributed by atoms with Crippen molar-refractivity contribution >= 4 is 23.8 Å². The van der Waals surface area contributed by atoms with Gasteiger partial charge in [0.1, 0.15) is 5.60 Å². The number of aromatic nitrogens is 2. The Morgan fingerprint density at radius 3 is 2.75 bits per heavy atom. The number of hydrogen-bond acceptors (Lipinski definition) is 4. The predicted octanol–water partition coefficient (Wildman–Crippen LogP) is 2.45. The van der Waals surface area contributed by atoms with Gasteiger partial charge in [0, 0.05) is 11.1 Å². The molecular formula is C14H13ClN2O3. The Bertz CT molecular complexity index is 696. The third kappa shape index (κ3) is 3.00. The average molecular weight is 293 g/mol. The van der Waals surface area contributed by atoms with Gasteiger partial charge in [-0.1, -0.05) is 23.7 Å². The summed E-state index contributed by atoms with van der Waals surface area (Å²) in [5.41, 5.74) is 0.668. The first-order valence-corrected chi connectivity index (χ1v) is 6.57. The zero-order valence-corrected chi connectivity index (χ0v) is 11.6. The van der Waals surface area contributed by atoms with Crippen molar-refractivity contribution in [3.63, 3.8) is 0 Å². The number of rotatable bonds is 4. The number of ether oxygens (including phenoxy) is 1. The van der Waals surface area contributed by atoms with Crippen LogP contribution in [0.2, 0.25) is 5.02 Å². The standard InChI is InChI=1S/C14H13ClN2O3/c1-14(9-19-14)8-17-13(18)20-12(16-17)7-4-10-2-5-11(15)6-3-10/h2-7H,8-9H2,1H3. The second-order valence-corrected chi connectivity index (χ2v) is 5.42. The maximum Gasteiger partial charge on any atom is 0.437 e. The van der Waals surface area contributed by atoms with Gasteiger partial charge in [-0.3, -0.25) is 0 Å². The van der Waals surface area contributed by atoms with E-state index in [-0.39, 0.29) is 11.5 Å². The molecule has 1 aliphatic heterocycles. The fourth-order valence-corrected chi connectivity index (χ4v) is 1.89. The molecule has 0 bridgehead atoms. The van der Waals surface area contributed by atoms with E-state index in [1.165, 1.54) is 4.68 Å². The van der Waals surface area contributed by atoms with E-state index in [1.54, 1.807) is 24.3 Å². The van der Waals surface area contributed by atoms with Crippen molar-refractivity contribution in [1.82, 2.24) is 9.78 Å². The van der Waals surface area contributed by atoms with Crippen molar-refractivity contribution in [2.24, 2.45) is 0 Å². The molecule has 1 aliphatic rings. The van der Waals surface area contributed by atoms with Crippen LogP contribution in [0.5, 0.6) is 0 Å². The number of halogens is 1. The van der Waals surface area contributed by atoms with Crippen molar-refractivity contribution in [2.75, 3.05) is 6.61 Å². The van der Waals surface area contributed by atoms with Crippen LogP contribution in [0.4, 0.5) is 0 Å². The van der Waals surface area contributed by atoms with Gasteiger partial charge in [0.2, 0.25) is 5.89 Å². The van der Waals surface area contributed by atoms with Gasteiger partial charge in [-0.2, -0.15) is 4.68 Å². The highest BCUT2D eigenvalue weighted by Gasteiger charge is 2.40. The fraction of sp³-hybridized carbons (Fsp3) is 0.286. The highest BCUT2D eigenvalue weighted by molar-refractivity contribution is 6.30. The second kappa shape index (κ2) is 4.92. The fourth-order valence-electron chi connectivity index (χ4n) is 1.76. The Morgan fingerprint density at radius 2 is 2.10 bits per heavy atom. The molecule has 0 amide bonds. The van der Waals surface area contributed by atoms with Crippen molar-refractivity contribution in [2.45, 2.75) is 19.1 Å². The first-order chi connectivity index (χ1) is 9.54. The Kier molecular flexibility index (Phi) is 3.23. The van der Waals surface area contributed by atoms with E-state index in [9.17, 15) is 4.79 Å². The minimum atomic E-state index is -0.475. The van der Waals surface area contributed by atoms with Gasteiger partial charge < -0.3 is 9.15 Å². The lowest BCUT2D eigenvalue weighted by atomic mass is 10.2. The molecule has 1 aromatic heterocycles. The van der Waals surface area contributed by atoms with Crippen LogP contribution < -0.4 is 5.76 Å². The molecule has 0 spiro atoms. The van der Waals surface area contributed by atoms with Gasteiger partial charge in [-0.05, 0) is 30.7 Å². The summed E-state index contributed by atoms with van der Waals surface area (Å²) in [6.45, 7) is 2.98. The first-order valence-electron chi connectivity index (χ1n) is 6.20. The Morgan fingerprint density at radius 1 is 1.40 bits per heavy atom. The van der Waals surface area contributed by atoms with Crippen LogP contribution >= 0.6 is 11.6 Å². The van der Waals surface area contributed by atoms with Gasteiger partial charge in [0.05, 0.1) is 13.2 Å². The minimum Gasteiger partial charge on any atom is -0.388 e. The van der Waals surface area contributed by atoms with Gasteiger partial charge in [0.15, 0.2) is 0 Å². The van der Waals surface area contributed by atoms with Crippen LogP contribution in [-0.4, -0.2) is 22.0 Å². The van der Waals surface area contributed by atoms with Crippen LogP contribution in [-0.2, 0) is 11.3 Å². The number of hydrogen-bond donors (Lipinski definition) is 0. The maximum atomic E-state index is 11.6. The molecule has 1 saturated heterocycles. The number of epoxide rings is 1. The van der Waals surface area contributed by atoms with Crippen LogP contribution in [0.25, 0.3) is 12.2 Å². The van der Waals surface area contributed by atoms with Gasteiger partial charge >= 0.3 is 5.76 Å². The van der Waals surface area contributed by atoms with E-state index in [1.807, 2.05) is 19.1 Å². The summed E-state index contributed by atoms with van der Waals surface area (Å²) in [5.74, 6) is -0.202. The van der Waals surface area contributed by atoms with Crippen LogP contribution in [0.3, 0.4) is 0 Å². The molecule has 2 aromatic rings. The van der Waals surface area contributed by atoms with Crippen LogP contribution in [0, 0.1) is 0 Å². The molecule has 1 fully saturated rings. The van der Waals surface area contributed by atoms with E-state index in [2.05, 4.69) is 5.10 Å². The quantitative estimate of drug-likeness (QED) is 0.812. The summed E-state index contributed by atoms with van der Waals surface area (Å²) < 4.78 is 11.6. The lowest BCUT2D eigenvalue weighted by Gasteiger charge is -2.00. The molecule has 1 unspecified atom stereocenters. The van der Waals surface area contributed by atoms with Gasteiger partial charge in [0.25, 0.3) is 0 Å². The van der Waals surface area contributed by atoms with Crippen LogP contribution in [0.15, 0.2) is 33.5 Å². The van der Waals surface area contributed by atoms with E-state index < -0.39 is 5.76 Å². The average Bonchev–Trinajstić information content (AvgIpc) is 3.04. The summed E-state index contributed by atoms with van der Waals surface area (Å²) >= 11 is 5.81. The normalized spacial score (nSPS) is 21.5. The lowest BCUT2D eigenvalue weighted by Crippen LogP contribution is -2.24. The SMILES string of the molecule is CC1(Cn2nc(C=Cc3ccc(Cl)cc3)oc2=O)CO1. The van der Waals surface area contributed by atoms with Crippen molar-refractivity contribution < 1.29 is 9.15 Å². The highest BCUT2D eigenvalue weighted by atomic mass is 35.5. The number of benzene rings is 1. The molecular weight excluding hydrogens is 280 g/mol. The molecule has 0 saturated carbocycles. The largest absolute Gasteiger partial charge is 0.437 e. The molecule has 104 valence electrons. The molecule has 0 aliphatic carbocycles. The van der Waals surface area contributed by atoms with Gasteiger partial charge in [-0.25, -0.2) is 4.79 Å². The zero-order valence-electron chi connectivity index (χ0n) is 10.9. The molecule has 0 radical (unpaired) electrons. The van der Waals surface area contributed by atoms with Crippen molar-refractivity contribution in [3.8, 4) is 0 Å². The summed E-state index contributed by atoms with van der Waals surface area (Å²) in [6.07, 6.45) is 3.46. The predicted molar refractivity (Wildman–Crippen MR) is 75.5 cm³/mol. The van der Waals surface area contributed by atoms with E-state index in [0.717, 1.165) is 5.56 Å². The Labute approximate surface area is 120 Å². The molecule has 0 N–H and O–H groups in total. The lowest BCUT2D eigenvalue weighted by molar-refractivity contribution is 0.278. The van der Waals surface area contributed by atoms with E-state index in [0.29, 0.717) is 18.2 Å². The highest BCUT2D eigenvalue weighted by Crippen LogP contribution is 2.26. The topological polar surface area (TPSA) is 60.6 Å². The smallest absolute Gasteiger partial charge is 0.388 e. The first kappa shape index (κ1) is 13.1. The third-order valence-electron chi connectivity index (χ3n) is 3.03.